The first-order valence-electron chi connectivity index (χ1n) is 8.49. The lowest BCUT2D eigenvalue weighted by atomic mass is 9.97. The number of nitrogens with zero attached hydrogens (tertiary/aromatic N) is 2. The summed E-state index contributed by atoms with van der Waals surface area (Å²) in [4.78, 5) is 16.8. The molecule has 1 saturated heterocycles. The number of rotatable bonds is 7. The van der Waals surface area contributed by atoms with Gasteiger partial charge in [0.2, 0.25) is 0 Å². The molecule has 128 valence electrons. The monoisotopic (exact) mass is 312 g/mol. The maximum atomic E-state index is 12.2. The van der Waals surface area contributed by atoms with Crippen molar-refractivity contribution in [3.8, 4) is 0 Å². The Morgan fingerprint density at radius 3 is 2.41 bits per heavy atom. The van der Waals surface area contributed by atoms with Crippen molar-refractivity contribution in [2.45, 2.75) is 44.2 Å². The van der Waals surface area contributed by atoms with Crippen LogP contribution in [0.25, 0.3) is 0 Å². The third kappa shape index (κ3) is 5.11. The van der Waals surface area contributed by atoms with Gasteiger partial charge in [0, 0.05) is 32.2 Å². The van der Waals surface area contributed by atoms with E-state index in [1.165, 1.54) is 0 Å². The number of aliphatic hydroxyl groups is 1. The Kier molecular flexibility index (Phi) is 6.06. The van der Waals surface area contributed by atoms with Crippen molar-refractivity contribution in [1.82, 2.24) is 20.4 Å². The highest BCUT2D eigenvalue weighted by molar-refractivity contribution is 5.75. The molecular weight excluding hydrogens is 280 g/mol. The molecule has 0 spiro atoms. The van der Waals surface area contributed by atoms with Crippen molar-refractivity contribution < 1.29 is 9.90 Å². The van der Waals surface area contributed by atoms with E-state index in [1.807, 2.05) is 6.92 Å². The van der Waals surface area contributed by atoms with E-state index in [0.29, 0.717) is 5.92 Å². The Hall–Kier alpha value is -0.850. The van der Waals surface area contributed by atoms with Gasteiger partial charge in [-0.2, -0.15) is 0 Å². The minimum atomic E-state index is -0.462. The van der Waals surface area contributed by atoms with Gasteiger partial charge in [-0.25, -0.2) is 4.79 Å². The zero-order valence-corrected chi connectivity index (χ0v) is 14.3. The van der Waals surface area contributed by atoms with Gasteiger partial charge in [-0.05, 0) is 52.6 Å². The molecule has 2 aliphatic rings. The third-order valence-electron chi connectivity index (χ3n) is 4.99. The van der Waals surface area contributed by atoms with Crippen LogP contribution in [0, 0.1) is 5.92 Å². The van der Waals surface area contributed by atoms with Crippen molar-refractivity contribution in [2.24, 2.45) is 5.92 Å². The van der Waals surface area contributed by atoms with E-state index in [9.17, 15) is 9.90 Å². The van der Waals surface area contributed by atoms with Gasteiger partial charge in [0.05, 0.1) is 12.1 Å². The van der Waals surface area contributed by atoms with Crippen LogP contribution in [-0.2, 0) is 0 Å². The van der Waals surface area contributed by atoms with E-state index in [4.69, 9.17) is 0 Å². The molecule has 3 N–H and O–H groups in total. The molecule has 1 unspecified atom stereocenters. The molecule has 22 heavy (non-hydrogen) atoms. The largest absolute Gasteiger partial charge is 0.394 e. The molecule has 0 aromatic heterocycles. The average Bonchev–Trinajstić information content (AvgIpc) is 3.31. The summed E-state index contributed by atoms with van der Waals surface area (Å²) in [6.45, 7) is 6.20. The van der Waals surface area contributed by atoms with Crippen LogP contribution in [0.15, 0.2) is 0 Å². The lowest BCUT2D eigenvalue weighted by Gasteiger charge is -2.34. The molecule has 0 radical (unpaired) electrons. The van der Waals surface area contributed by atoms with Crippen molar-refractivity contribution in [2.75, 3.05) is 46.9 Å². The number of nitrogens with one attached hydrogen (secondary N) is 2. The van der Waals surface area contributed by atoms with E-state index in [2.05, 4.69) is 34.5 Å². The minimum absolute atomic E-state index is 0.00800. The fourth-order valence-corrected chi connectivity index (χ4v) is 3.11. The standard InChI is InChI=1S/C16H32N4O2/c1-16(12-21,13-4-5-13)18-15(22)17-14-6-8-20(9-7-14)11-10-19(2)3/h13-14,21H,4-12H2,1-3H3,(H2,17,18,22). The Morgan fingerprint density at radius 2 is 1.91 bits per heavy atom. The highest BCUT2D eigenvalue weighted by Crippen LogP contribution is 2.39. The molecule has 1 saturated carbocycles. The van der Waals surface area contributed by atoms with E-state index in [-0.39, 0.29) is 18.7 Å². The summed E-state index contributed by atoms with van der Waals surface area (Å²) >= 11 is 0. The summed E-state index contributed by atoms with van der Waals surface area (Å²) in [5.41, 5.74) is -0.462. The number of hydrogen-bond acceptors (Lipinski definition) is 4. The number of urea groups is 1. The van der Waals surface area contributed by atoms with Crippen LogP contribution < -0.4 is 10.6 Å². The SMILES string of the molecule is CN(C)CCN1CCC(NC(=O)NC(C)(CO)C2CC2)CC1. The number of likely N-dealkylation sites (tertiary alicyclic amines) is 1. The Bertz CT molecular complexity index is 365. The topological polar surface area (TPSA) is 67.8 Å². The number of hydrogen-bond donors (Lipinski definition) is 3. The van der Waals surface area contributed by atoms with Gasteiger partial charge in [-0.15, -0.1) is 0 Å². The third-order valence-corrected chi connectivity index (χ3v) is 4.99. The van der Waals surface area contributed by atoms with Crippen LogP contribution in [0.3, 0.4) is 0 Å². The van der Waals surface area contributed by atoms with E-state index >= 15 is 0 Å². The number of piperidine rings is 1. The van der Waals surface area contributed by atoms with E-state index in [1.54, 1.807) is 0 Å². The lowest BCUT2D eigenvalue weighted by Crippen LogP contribution is -2.57. The second-order valence-electron chi connectivity index (χ2n) is 7.37. The molecule has 1 aliphatic heterocycles. The quantitative estimate of drug-likeness (QED) is 0.639. The van der Waals surface area contributed by atoms with Crippen LogP contribution in [0.4, 0.5) is 4.79 Å². The molecule has 2 fully saturated rings. The maximum Gasteiger partial charge on any atom is 0.315 e. The van der Waals surface area contributed by atoms with Crippen LogP contribution in [0.2, 0.25) is 0 Å². The van der Waals surface area contributed by atoms with Gasteiger partial charge in [0.25, 0.3) is 0 Å². The highest BCUT2D eigenvalue weighted by Gasteiger charge is 2.42. The van der Waals surface area contributed by atoms with Crippen LogP contribution >= 0.6 is 0 Å². The van der Waals surface area contributed by atoms with Gasteiger partial charge >= 0.3 is 6.03 Å². The normalized spacial score (nSPS) is 23.3. The molecule has 6 heteroatoms. The summed E-state index contributed by atoms with van der Waals surface area (Å²) in [6, 6.07) is 0.118. The van der Waals surface area contributed by atoms with Crippen molar-refractivity contribution in [3.05, 3.63) is 0 Å². The molecule has 6 nitrogen and oxygen atoms in total. The van der Waals surface area contributed by atoms with E-state index < -0.39 is 5.54 Å². The number of aliphatic hydroxyl groups excluding tert-OH is 1. The predicted octanol–water partition coefficient (Wildman–Crippen LogP) is 0.473. The van der Waals surface area contributed by atoms with Gasteiger partial charge in [0.15, 0.2) is 0 Å². The summed E-state index contributed by atoms with van der Waals surface area (Å²) in [5, 5.41) is 15.6. The summed E-state index contributed by atoms with van der Waals surface area (Å²) in [5.74, 6) is 0.427. The summed E-state index contributed by atoms with van der Waals surface area (Å²) in [6.07, 6.45) is 4.20. The van der Waals surface area contributed by atoms with Gasteiger partial charge in [-0.1, -0.05) is 0 Å². The smallest absolute Gasteiger partial charge is 0.315 e. The first-order chi connectivity index (χ1) is 10.4. The number of carbonyl (C=O) groups excluding carboxylic acids is 1. The van der Waals surface area contributed by atoms with Gasteiger partial charge in [-0.3, -0.25) is 0 Å². The Morgan fingerprint density at radius 1 is 1.27 bits per heavy atom. The molecule has 1 atom stereocenters. The number of amides is 2. The first-order valence-corrected chi connectivity index (χ1v) is 8.49. The average molecular weight is 312 g/mol. The van der Waals surface area contributed by atoms with Crippen LogP contribution in [-0.4, -0.2) is 79.4 Å². The maximum absolute atomic E-state index is 12.2. The zero-order chi connectivity index (χ0) is 16.2. The second-order valence-corrected chi connectivity index (χ2v) is 7.37. The molecule has 1 heterocycles. The fraction of sp³-hybridized carbons (Fsp3) is 0.938. The second kappa shape index (κ2) is 7.62. The molecule has 0 aromatic rings. The zero-order valence-electron chi connectivity index (χ0n) is 14.3. The van der Waals surface area contributed by atoms with Gasteiger partial charge < -0.3 is 25.5 Å². The molecule has 2 rings (SSSR count). The van der Waals surface area contributed by atoms with Crippen molar-refractivity contribution >= 4 is 6.03 Å². The predicted molar refractivity (Wildman–Crippen MR) is 87.9 cm³/mol. The fourth-order valence-electron chi connectivity index (χ4n) is 3.11. The number of carbonyl (C=O) groups is 1. The summed E-state index contributed by atoms with van der Waals surface area (Å²) in [7, 11) is 4.19. The van der Waals surface area contributed by atoms with Crippen molar-refractivity contribution in [3.63, 3.8) is 0 Å². The lowest BCUT2D eigenvalue weighted by molar-refractivity contribution is 0.148. The molecular formula is C16H32N4O2. The molecule has 0 bridgehead atoms. The van der Waals surface area contributed by atoms with Gasteiger partial charge in [0.1, 0.15) is 0 Å². The van der Waals surface area contributed by atoms with Crippen molar-refractivity contribution in [1.29, 1.82) is 0 Å². The highest BCUT2D eigenvalue weighted by atomic mass is 16.3. The van der Waals surface area contributed by atoms with Crippen LogP contribution in [0.1, 0.15) is 32.6 Å². The minimum Gasteiger partial charge on any atom is -0.394 e. The van der Waals surface area contributed by atoms with Crippen LogP contribution in [0.5, 0.6) is 0 Å². The number of likely N-dealkylation sites (N-methyl/N-ethyl adjacent to an activating group) is 1. The molecule has 2 amide bonds. The van der Waals surface area contributed by atoms with E-state index in [0.717, 1.165) is 51.9 Å². The first kappa shape index (κ1) is 17.5. The molecule has 0 aromatic carbocycles. The Balaban J connectivity index is 1.68. The molecule has 1 aliphatic carbocycles. The summed E-state index contributed by atoms with van der Waals surface area (Å²) < 4.78 is 0. The Labute approximate surface area is 134 Å².